The lowest BCUT2D eigenvalue weighted by Crippen LogP contribution is -2.04. The van der Waals surface area contributed by atoms with Gasteiger partial charge in [-0.3, -0.25) is 0 Å². The lowest BCUT2D eigenvalue weighted by Gasteiger charge is -2.08. The molecule has 0 spiro atoms. The van der Waals surface area contributed by atoms with Crippen molar-refractivity contribution in [3.05, 3.63) is 63.2 Å². The van der Waals surface area contributed by atoms with Crippen LogP contribution in [0.25, 0.3) is 10.9 Å². The van der Waals surface area contributed by atoms with Gasteiger partial charge in [0, 0.05) is 15.4 Å². The highest BCUT2D eigenvalue weighted by molar-refractivity contribution is 9.10. The molecule has 0 atom stereocenters. The van der Waals surface area contributed by atoms with Crippen molar-refractivity contribution in [3.8, 4) is 0 Å². The van der Waals surface area contributed by atoms with Crippen LogP contribution in [0.15, 0.2) is 40.9 Å². The number of fused-ring (bicyclic) bond motifs is 1. The summed E-state index contributed by atoms with van der Waals surface area (Å²) in [5, 5.41) is 4.17. The fraction of sp³-hybridized carbons (Fsp3) is 0.0667. The fourth-order valence-corrected chi connectivity index (χ4v) is 2.85. The van der Waals surface area contributed by atoms with Crippen molar-refractivity contribution in [2.24, 2.45) is 0 Å². The summed E-state index contributed by atoms with van der Waals surface area (Å²) in [6, 6.07) is 9.97. The molecule has 3 aromatic rings. The summed E-state index contributed by atoms with van der Waals surface area (Å²) in [6.45, 7) is 0.197. The third kappa shape index (κ3) is 2.76. The Labute approximate surface area is 133 Å². The van der Waals surface area contributed by atoms with Crippen LogP contribution >= 0.6 is 27.5 Å². The van der Waals surface area contributed by atoms with Crippen molar-refractivity contribution in [3.63, 3.8) is 0 Å². The van der Waals surface area contributed by atoms with Gasteiger partial charge in [0.05, 0.1) is 17.3 Å². The molecule has 0 saturated carbocycles. The van der Waals surface area contributed by atoms with Crippen molar-refractivity contribution in [1.29, 1.82) is 0 Å². The summed E-state index contributed by atoms with van der Waals surface area (Å²) in [5.41, 5.74) is 1.39. The minimum Gasteiger partial charge on any atom is -0.375 e. The average Bonchev–Trinajstić information content (AvgIpc) is 2.75. The van der Waals surface area contributed by atoms with E-state index in [0.717, 1.165) is 10.9 Å². The minimum atomic E-state index is -0.658. The quantitative estimate of drug-likeness (QED) is 0.627. The van der Waals surface area contributed by atoms with E-state index in [0.29, 0.717) is 15.2 Å². The summed E-state index contributed by atoms with van der Waals surface area (Å²) in [6.07, 6.45) is 0. The Morgan fingerprint density at radius 3 is 2.48 bits per heavy atom. The largest absolute Gasteiger partial charge is 0.375 e. The smallest absolute Gasteiger partial charge is 0.150 e. The first-order chi connectivity index (χ1) is 10.1. The summed E-state index contributed by atoms with van der Waals surface area (Å²) >= 11 is 9.30. The molecule has 0 amide bonds. The van der Waals surface area contributed by atoms with E-state index in [4.69, 9.17) is 11.6 Å². The number of aromatic amines is 1. The second-order valence-corrected chi connectivity index (χ2v) is 5.85. The van der Waals surface area contributed by atoms with Gasteiger partial charge in [0.1, 0.15) is 17.3 Å². The van der Waals surface area contributed by atoms with E-state index in [2.05, 4.69) is 26.2 Å². The molecule has 0 bridgehead atoms. The van der Waals surface area contributed by atoms with Gasteiger partial charge in [0.25, 0.3) is 0 Å². The normalized spacial score (nSPS) is 11.0. The molecule has 1 aromatic heterocycles. The predicted octanol–water partition coefficient (Wildman–Crippen LogP) is 5.47. The first kappa shape index (κ1) is 14.4. The van der Waals surface area contributed by atoms with E-state index in [1.165, 1.54) is 12.1 Å². The molecule has 21 heavy (non-hydrogen) atoms. The van der Waals surface area contributed by atoms with Crippen LogP contribution in [0, 0.1) is 11.6 Å². The maximum absolute atomic E-state index is 13.7. The Hall–Kier alpha value is -1.59. The number of hydrogen-bond donors (Lipinski definition) is 2. The van der Waals surface area contributed by atoms with Crippen LogP contribution in [0.4, 0.5) is 14.5 Å². The molecule has 0 fully saturated rings. The van der Waals surface area contributed by atoms with Crippen LogP contribution in [-0.2, 0) is 6.54 Å². The van der Waals surface area contributed by atoms with Gasteiger partial charge in [-0.1, -0.05) is 45.7 Å². The number of H-pyrrole nitrogens is 1. The molecule has 108 valence electrons. The number of para-hydroxylation sites is 1. The van der Waals surface area contributed by atoms with E-state index in [9.17, 15) is 8.78 Å². The monoisotopic (exact) mass is 370 g/mol. The van der Waals surface area contributed by atoms with Crippen LogP contribution in [-0.4, -0.2) is 4.98 Å². The number of nitrogens with one attached hydrogen (secondary N) is 2. The second kappa shape index (κ2) is 5.66. The van der Waals surface area contributed by atoms with Crippen LogP contribution in [0.1, 0.15) is 5.69 Å². The molecule has 0 aliphatic carbocycles. The second-order valence-electron chi connectivity index (χ2n) is 4.56. The maximum Gasteiger partial charge on any atom is 0.150 e. The van der Waals surface area contributed by atoms with E-state index in [-0.39, 0.29) is 12.2 Å². The lowest BCUT2D eigenvalue weighted by atomic mass is 10.2. The van der Waals surface area contributed by atoms with Gasteiger partial charge in [-0.15, -0.1) is 0 Å². The van der Waals surface area contributed by atoms with E-state index < -0.39 is 11.6 Å². The van der Waals surface area contributed by atoms with Crippen molar-refractivity contribution in [2.75, 3.05) is 5.32 Å². The number of benzene rings is 2. The first-order valence-electron chi connectivity index (χ1n) is 6.20. The van der Waals surface area contributed by atoms with Crippen LogP contribution < -0.4 is 5.32 Å². The number of rotatable bonds is 3. The van der Waals surface area contributed by atoms with Gasteiger partial charge < -0.3 is 10.3 Å². The van der Waals surface area contributed by atoms with E-state index >= 15 is 0 Å². The highest BCUT2D eigenvalue weighted by Gasteiger charge is 2.13. The summed E-state index contributed by atoms with van der Waals surface area (Å²) in [5.74, 6) is -1.32. The molecule has 1 heterocycles. The Kier molecular flexibility index (Phi) is 3.87. The number of halogens is 4. The van der Waals surface area contributed by atoms with Crippen LogP contribution in [0.2, 0.25) is 5.02 Å². The van der Waals surface area contributed by atoms with Crippen molar-refractivity contribution in [2.45, 2.75) is 6.54 Å². The average molecular weight is 372 g/mol. The van der Waals surface area contributed by atoms with E-state index in [1.54, 1.807) is 0 Å². The van der Waals surface area contributed by atoms with Crippen molar-refractivity contribution in [1.82, 2.24) is 4.98 Å². The molecule has 3 rings (SSSR count). The van der Waals surface area contributed by atoms with Gasteiger partial charge in [-0.2, -0.15) is 0 Å². The van der Waals surface area contributed by atoms with E-state index in [1.807, 2.05) is 24.3 Å². The Morgan fingerprint density at radius 2 is 1.81 bits per heavy atom. The van der Waals surface area contributed by atoms with Crippen LogP contribution in [0.5, 0.6) is 0 Å². The third-order valence-electron chi connectivity index (χ3n) is 3.16. The Balaban J connectivity index is 1.89. The maximum atomic E-state index is 13.7. The van der Waals surface area contributed by atoms with Gasteiger partial charge in [0.2, 0.25) is 0 Å². The van der Waals surface area contributed by atoms with Gasteiger partial charge >= 0.3 is 0 Å². The van der Waals surface area contributed by atoms with Crippen molar-refractivity contribution >= 4 is 44.1 Å². The first-order valence-corrected chi connectivity index (χ1v) is 7.37. The predicted molar refractivity (Wildman–Crippen MR) is 84.7 cm³/mol. The molecule has 0 saturated heterocycles. The van der Waals surface area contributed by atoms with Gasteiger partial charge in [0.15, 0.2) is 0 Å². The molecule has 2 aromatic carbocycles. The molecule has 2 nitrogen and oxygen atoms in total. The minimum absolute atomic E-state index is 0.173. The molecule has 0 radical (unpaired) electrons. The molecular weight excluding hydrogens is 362 g/mol. The molecule has 6 heteroatoms. The molecular formula is C15H10BrClF2N2. The zero-order chi connectivity index (χ0) is 15.0. The highest BCUT2D eigenvalue weighted by atomic mass is 79.9. The molecule has 0 aliphatic rings. The number of anilines is 1. The highest BCUT2D eigenvalue weighted by Crippen LogP contribution is 2.29. The standard InChI is InChI=1S/C15H10BrClF2N2/c16-8-5-10(18)15(11(19)6-8)20-7-13-14(17)9-3-1-2-4-12(9)21-13/h1-6,20-21H,7H2. The number of hydrogen-bond acceptors (Lipinski definition) is 1. The summed E-state index contributed by atoms with van der Waals surface area (Å²) < 4.78 is 27.8. The zero-order valence-corrected chi connectivity index (χ0v) is 13.0. The van der Waals surface area contributed by atoms with Crippen molar-refractivity contribution < 1.29 is 8.78 Å². The number of aromatic nitrogens is 1. The van der Waals surface area contributed by atoms with Gasteiger partial charge in [-0.25, -0.2) is 8.78 Å². The Morgan fingerprint density at radius 1 is 1.14 bits per heavy atom. The molecule has 0 unspecified atom stereocenters. The third-order valence-corrected chi connectivity index (χ3v) is 4.05. The Bertz CT molecular complexity index is 794. The zero-order valence-electron chi connectivity index (χ0n) is 10.7. The summed E-state index contributed by atoms with van der Waals surface area (Å²) in [4.78, 5) is 3.14. The topological polar surface area (TPSA) is 27.8 Å². The van der Waals surface area contributed by atoms with Gasteiger partial charge in [-0.05, 0) is 18.2 Å². The molecule has 0 aliphatic heterocycles. The fourth-order valence-electron chi connectivity index (χ4n) is 2.17. The van der Waals surface area contributed by atoms with Crippen LogP contribution in [0.3, 0.4) is 0 Å². The lowest BCUT2D eigenvalue weighted by molar-refractivity contribution is 0.586. The SMILES string of the molecule is Fc1cc(Br)cc(F)c1NCc1[nH]c2ccccc2c1Cl. The summed E-state index contributed by atoms with van der Waals surface area (Å²) in [7, 11) is 0. The molecule has 2 N–H and O–H groups in total.